The summed E-state index contributed by atoms with van der Waals surface area (Å²) in [6.07, 6.45) is 0.785. The molecule has 16 N–H and O–H groups in total. The molecule has 2 aromatic rings. The number of aromatic hydroxyl groups is 1. The number of benzene rings is 2. The average Bonchev–Trinajstić information content (AvgIpc) is 3.93. The molecular formula is C53H79N11O15. The molecule has 0 radical (unpaired) electrons. The smallest absolute Gasteiger partial charge is 0.328 e. The first kappa shape index (κ1) is 65.6. The molecule has 26 heteroatoms. The first-order valence-electron chi connectivity index (χ1n) is 26.4. The maximum atomic E-state index is 14.4. The van der Waals surface area contributed by atoms with Crippen LogP contribution in [0, 0.1) is 11.8 Å². The van der Waals surface area contributed by atoms with Crippen LogP contribution in [0.3, 0.4) is 0 Å². The van der Waals surface area contributed by atoms with E-state index in [1.807, 2.05) is 6.92 Å². The van der Waals surface area contributed by atoms with Crippen molar-refractivity contribution in [2.45, 2.75) is 160 Å². The minimum Gasteiger partial charge on any atom is -0.508 e. The lowest BCUT2D eigenvalue weighted by molar-refractivity contribution is -0.143. The van der Waals surface area contributed by atoms with E-state index in [4.69, 9.17) is 11.5 Å². The molecule has 0 bridgehead atoms. The van der Waals surface area contributed by atoms with E-state index >= 15 is 0 Å². The third-order valence-corrected chi connectivity index (χ3v) is 13.2. The van der Waals surface area contributed by atoms with Gasteiger partial charge in [0.25, 0.3) is 0 Å². The summed E-state index contributed by atoms with van der Waals surface area (Å²) in [5.74, 6) is -10.6. The molecule has 1 aliphatic heterocycles. The summed E-state index contributed by atoms with van der Waals surface area (Å²) in [5, 5.41) is 59.2. The molecule has 0 spiro atoms. The van der Waals surface area contributed by atoms with Crippen molar-refractivity contribution in [2.24, 2.45) is 23.3 Å². The van der Waals surface area contributed by atoms with E-state index < -0.39 is 151 Å². The van der Waals surface area contributed by atoms with E-state index in [-0.39, 0.29) is 50.3 Å². The average molecular weight is 1110 g/mol. The van der Waals surface area contributed by atoms with Gasteiger partial charge in [-0.25, -0.2) is 4.79 Å². The maximum Gasteiger partial charge on any atom is 0.328 e. The molecule has 0 aromatic heterocycles. The molecule has 26 nitrogen and oxygen atoms in total. The summed E-state index contributed by atoms with van der Waals surface area (Å²) >= 11 is 0. The molecule has 79 heavy (non-hydrogen) atoms. The molecule has 10 amide bonds. The number of aliphatic carboxylic acids is 1. The van der Waals surface area contributed by atoms with Crippen LogP contribution in [0.25, 0.3) is 0 Å². The second kappa shape index (κ2) is 32.3. The lowest BCUT2D eigenvalue weighted by atomic mass is 9.96. The molecule has 2 aromatic carbocycles. The van der Waals surface area contributed by atoms with E-state index in [1.165, 1.54) is 36.1 Å². The topological polar surface area (TPSA) is 420 Å². The minimum atomic E-state index is -1.75. The highest BCUT2D eigenvalue weighted by Gasteiger charge is 2.41. The van der Waals surface area contributed by atoms with Crippen molar-refractivity contribution >= 4 is 65.0 Å². The van der Waals surface area contributed by atoms with Crippen LogP contribution in [-0.2, 0) is 65.6 Å². The Kier molecular flexibility index (Phi) is 26.8. The van der Waals surface area contributed by atoms with Crippen LogP contribution in [-0.4, -0.2) is 171 Å². The number of phenolic OH excluding ortho intramolecular Hbond substituents is 1. The zero-order chi connectivity index (χ0) is 59.1. The number of nitrogens with two attached hydrogens (primary N) is 2. The number of likely N-dealkylation sites (tertiary alicyclic amines) is 1. The number of hydrogen-bond donors (Lipinski definition) is 14. The van der Waals surface area contributed by atoms with E-state index in [0.717, 1.165) is 0 Å². The predicted octanol–water partition coefficient (Wildman–Crippen LogP) is -2.77. The van der Waals surface area contributed by atoms with Gasteiger partial charge in [-0.15, -0.1) is 0 Å². The molecule has 1 heterocycles. The number of nitrogens with one attached hydrogen (secondary N) is 8. The van der Waals surface area contributed by atoms with Crippen LogP contribution in [0.4, 0.5) is 0 Å². The zero-order valence-corrected chi connectivity index (χ0v) is 45.5. The molecule has 3 rings (SSSR count). The van der Waals surface area contributed by atoms with Crippen molar-refractivity contribution in [1.29, 1.82) is 0 Å². The Morgan fingerprint density at radius 3 is 1.66 bits per heavy atom. The number of amides is 10. The van der Waals surface area contributed by atoms with Crippen LogP contribution in [0.2, 0.25) is 0 Å². The Balaban J connectivity index is 1.86. The Morgan fingerprint density at radius 2 is 1.13 bits per heavy atom. The molecule has 1 saturated heterocycles. The molecule has 11 atom stereocenters. The maximum absolute atomic E-state index is 14.4. The number of hydrogen-bond acceptors (Lipinski definition) is 15. The second-order valence-electron chi connectivity index (χ2n) is 20.1. The molecule has 1 aliphatic rings. The quantitative estimate of drug-likeness (QED) is 0.0353. The fraction of sp³-hybridized carbons (Fsp3) is 0.566. The van der Waals surface area contributed by atoms with Crippen molar-refractivity contribution in [2.75, 3.05) is 19.8 Å². The first-order valence-corrected chi connectivity index (χ1v) is 26.4. The minimum absolute atomic E-state index is 0.0308. The summed E-state index contributed by atoms with van der Waals surface area (Å²) in [6, 6.07) is 0.261. The van der Waals surface area contributed by atoms with Gasteiger partial charge >= 0.3 is 5.97 Å². The Labute approximate surface area is 458 Å². The number of carbonyl (C=O) groups is 11. The largest absolute Gasteiger partial charge is 0.508 e. The van der Waals surface area contributed by atoms with Gasteiger partial charge in [0.15, 0.2) is 0 Å². The van der Waals surface area contributed by atoms with Crippen molar-refractivity contribution in [1.82, 2.24) is 47.4 Å². The number of phenols is 1. The predicted molar refractivity (Wildman–Crippen MR) is 285 cm³/mol. The third kappa shape index (κ3) is 20.9. The second-order valence-corrected chi connectivity index (χ2v) is 20.1. The molecule has 0 aliphatic carbocycles. The van der Waals surface area contributed by atoms with Gasteiger partial charge in [-0.1, -0.05) is 89.9 Å². The van der Waals surface area contributed by atoms with E-state index in [9.17, 15) is 73.2 Å². The molecule has 0 unspecified atom stereocenters. The fourth-order valence-corrected chi connectivity index (χ4v) is 8.54. The summed E-state index contributed by atoms with van der Waals surface area (Å²) in [5.41, 5.74) is 12.1. The van der Waals surface area contributed by atoms with Gasteiger partial charge in [-0.05, 0) is 67.7 Å². The highest BCUT2D eigenvalue weighted by molar-refractivity contribution is 5.99. The SMILES string of the molecule is CCC[C@H](NC(=O)[C@@H]1CCCN1C(=O)[C@@H](NC(=O)[C@H](N)CC(N)=O)[C@@H](C)CC)C(=O)N[C@@H](CC(C)C)C(=O)N[C@@H](Cc1ccc(O)cc1)C(=O)N[C@H](CO)C(=O)N[C@@H](Cc1ccccc1)C(=O)N[C@@H](C)C(=O)N[C@H](CO)C(=O)O. The monoisotopic (exact) mass is 1110 g/mol. The lowest BCUT2D eigenvalue weighted by Crippen LogP contribution is -2.61. The van der Waals surface area contributed by atoms with E-state index in [0.29, 0.717) is 30.4 Å². The zero-order valence-electron chi connectivity index (χ0n) is 45.5. The van der Waals surface area contributed by atoms with Crippen LogP contribution in [0.5, 0.6) is 5.75 Å². The molecule has 436 valence electrons. The van der Waals surface area contributed by atoms with Crippen molar-refractivity contribution in [3.05, 3.63) is 65.7 Å². The first-order chi connectivity index (χ1) is 37.3. The highest BCUT2D eigenvalue weighted by Crippen LogP contribution is 2.22. The fourth-order valence-electron chi connectivity index (χ4n) is 8.54. The van der Waals surface area contributed by atoms with Gasteiger partial charge in [0.05, 0.1) is 25.7 Å². The Bertz CT molecular complexity index is 2430. The van der Waals surface area contributed by atoms with Gasteiger partial charge < -0.3 is 79.3 Å². The Hall–Kier alpha value is -7.71. The van der Waals surface area contributed by atoms with Crippen molar-refractivity contribution in [3.63, 3.8) is 0 Å². The number of carboxylic acids is 1. The van der Waals surface area contributed by atoms with E-state index in [1.54, 1.807) is 58.0 Å². The number of aliphatic hydroxyl groups is 2. The summed E-state index contributed by atoms with van der Waals surface area (Å²) < 4.78 is 0. The van der Waals surface area contributed by atoms with Crippen molar-refractivity contribution in [3.8, 4) is 5.75 Å². The van der Waals surface area contributed by atoms with Crippen LogP contribution < -0.4 is 54.0 Å². The van der Waals surface area contributed by atoms with Crippen LogP contribution in [0.15, 0.2) is 54.6 Å². The third-order valence-electron chi connectivity index (χ3n) is 13.2. The number of carbonyl (C=O) groups excluding carboxylic acids is 10. The van der Waals surface area contributed by atoms with Gasteiger partial charge in [0, 0.05) is 19.4 Å². The van der Waals surface area contributed by atoms with Crippen LogP contribution in [0.1, 0.15) is 97.6 Å². The van der Waals surface area contributed by atoms with Gasteiger partial charge in [0.1, 0.15) is 60.1 Å². The molecule has 0 saturated carbocycles. The normalized spacial score (nSPS) is 16.9. The number of primary amides is 1. The summed E-state index contributed by atoms with van der Waals surface area (Å²) in [7, 11) is 0. The highest BCUT2D eigenvalue weighted by atomic mass is 16.4. The van der Waals surface area contributed by atoms with Crippen LogP contribution >= 0.6 is 0 Å². The van der Waals surface area contributed by atoms with Gasteiger partial charge in [-0.2, -0.15) is 0 Å². The van der Waals surface area contributed by atoms with E-state index in [2.05, 4.69) is 42.5 Å². The Morgan fingerprint density at radius 1 is 0.620 bits per heavy atom. The van der Waals surface area contributed by atoms with Crippen molar-refractivity contribution < 1.29 is 73.2 Å². The van der Waals surface area contributed by atoms with Gasteiger partial charge in [0.2, 0.25) is 59.1 Å². The molecule has 1 fully saturated rings. The summed E-state index contributed by atoms with van der Waals surface area (Å²) in [6.45, 7) is 8.33. The number of carboxylic acid groups (broad SMARTS) is 1. The summed E-state index contributed by atoms with van der Waals surface area (Å²) in [4.78, 5) is 148. The number of nitrogens with zero attached hydrogens (tertiary/aromatic N) is 1. The molecular weight excluding hydrogens is 1030 g/mol. The number of aliphatic hydroxyl groups excluding tert-OH is 2. The van der Waals surface area contributed by atoms with Gasteiger partial charge in [-0.3, -0.25) is 47.9 Å². The lowest BCUT2D eigenvalue weighted by Gasteiger charge is -2.32. The standard InChI is InChI=1S/C53H79N11O15/c1-7-13-35(57-51(76)41-16-12-21-64(41)52(77)43(29(5)8-2)63-45(70)34(54)25-42(55)68)46(71)58-36(22-28(3)4)48(73)59-38(24-32-17-19-33(67)20-18-32)49(74)61-39(26-65)50(75)60-37(23-31-14-10-9-11-15-31)47(72)56-30(6)44(69)62-40(27-66)53(78)79/h9-11,14-15,17-20,28-30,34-41,43,65-67H,7-8,12-13,16,21-27,54H2,1-6H3,(H2,55,68)(H,56,72)(H,57,76)(H,58,71)(H,59,73)(H,60,75)(H,61,74)(H,62,69)(H,63,70)(H,78,79)/t29-,30-,34+,35-,36-,37-,38-,39+,40+,41-,43-/m0/s1. The number of rotatable bonds is 32.